The Kier molecular flexibility index (Phi) is 4.62. The Balaban J connectivity index is 1.33. The molecule has 0 radical (unpaired) electrons. The number of hydrogen-bond acceptors (Lipinski definition) is 5. The Morgan fingerprint density at radius 3 is 2.90 bits per heavy atom. The lowest BCUT2D eigenvalue weighted by molar-refractivity contribution is 0.0616. The van der Waals surface area contributed by atoms with E-state index in [0.29, 0.717) is 25.6 Å². The Morgan fingerprint density at radius 1 is 1.31 bits per heavy atom. The predicted octanol–water partition coefficient (Wildman–Crippen LogP) is 3.64. The van der Waals surface area contributed by atoms with Crippen LogP contribution in [0.3, 0.4) is 0 Å². The van der Waals surface area contributed by atoms with Crippen LogP contribution in [0.5, 0.6) is 0 Å². The van der Waals surface area contributed by atoms with Crippen molar-refractivity contribution >= 4 is 16.8 Å². The zero-order valence-electron chi connectivity index (χ0n) is 16.7. The van der Waals surface area contributed by atoms with E-state index in [0.717, 1.165) is 60.3 Å². The summed E-state index contributed by atoms with van der Waals surface area (Å²) >= 11 is 0. The van der Waals surface area contributed by atoms with Crippen molar-refractivity contribution in [2.75, 3.05) is 26.8 Å². The minimum absolute atomic E-state index is 0.0774. The molecule has 1 aromatic carbocycles. The van der Waals surface area contributed by atoms with Crippen LogP contribution < -0.4 is 0 Å². The molecule has 1 amide bonds. The fraction of sp³-hybridized carbons (Fsp3) is 0.500. The zero-order valence-corrected chi connectivity index (χ0v) is 16.7. The number of ether oxygens (including phenoxy) is 1. The molecule has 29 heavy (non-hydrogen) atoms. The summed E-state index contributed by atoms with van der Waals surface area (Å²) in [7, 11) is 1.72. The number of benzene rings is 1. The first-order chi connectivity index (χ1) is 14.2. The number of amides is 1. The highest BCUT2D eigenvalue weighted by molar-refractivity contribution is 5.98. The van der Waals surface area contributed by atoms with E-state index in [9.17, 15) is 4.79 Å². The quantitative estimate of drug-likeness (QED) is 0.690. The summed E-state index contributed by atoms with van der Waals surface area (Å²) in [4.78, 5) is 22.9. The predicted molar refractivity (Wildman–Crippen MR) is 108 cm³/mol. The van der Waals surface area contributed by atoms with E-state index in [1.165, 1.54) is 0 Å². The number of fused-ring (bicyclic) bond motifs is 1. The van der Waals surface area contributed by atoms with E-state index < -0.39 is 0 Å². The molecule has 7 nitrogen and oxygen atoms in total. The molecule has 0 atom stereocenters. The molecule has 1 aliphatic heterocycles. The van der Waals surface area contributed by atoms with Crippen molar-refractivity contribution in [3.8, 4) is 0 Å². The topological polar surface area (TPSA) is 84.2 Å². The van der Waals surface area contributed by atoms with Crippen LogP contribution in [0.1, 0.15) is 60.1 Å². The lowest BCUT2D eigenvalue weighted by Crippen LogP contribution is -2.46. The van der Waals surface area contributed by atoms with Crippen molar-refractivity contribution in [3.05, 3.63) is 47.7 Å². The lowest BCUT2D eigenvalue weighted by atomic mass is 9.75. The maximum absolute atomic E-state index is 13.1. The number of hydrogen-bond donors (Lipinski definition) is 1. The summed E-state index contributed by atoms with van der Waals surface area (Å²) in [5.41, 5.74) is 1.52. The Hall–Kier alpha value is -2.67. The summed E-state index contributed by atoms with van der Waals surface area (Å²) < 4.78 is 10.9. The van der Waals surface area contributed by atoms with Crippen LogP contribution in [0.4, 0.5) is 0 Å². The summed E-state index contributed by atoms with van der Waals surface area (Å²) in [6, 6.07) is 7.85. The minimum Gasteiger partial charge on any atom is -0.385 e. The third kappa shape index (κ3) is 3.44. The number of aromatic nitrogens is 3. The molecule has 2 fully saturated rings. The first-order valence-electron chi connectivity index (χ1n) is 10.4. The Bertz CT molecular complexity index is 1010. The van der Waals surface area contributed by atoms with Crippen molar-refractivity contribution in [1.29, 1.82) is 0 Å². The third-order valence-electron chi connectivity index (χ3n) is 6.44. The number of nitrogens with one attached hydrogen (secondary N) is 1. The van der Waals surface area contributed by atoms with Crippen molar-refractivity contribution in [2.24, 2.45) is 0 Å². The highest BCUT2D eigenvalue weighted by Gasteiger charge is 2.42. The van der Waals surface area contributed by atoms with Gasteiger partial charge in [-0.3, -0.25) is 4.79 Å². The van der Waals surface area contributed by atoms with Gasteiger partial charge in [0.2, 0.25) is 5.89 Å². The third-order valence-corrected chi connectivity index (χ3v) is 6.44. The molecule has 3 heterocycles. The molecule has 2 aromatic heterocycles. The van der Waals surface area contributed by atoms with Gasteiger partial charge in [-0.2, -0.15) is 4.98 Å². The van der Waals surface area contributed by atoms with Gasteiger partial charge in [-0.05, 0) is 55.7 Å². The van der Waals surface area contributed by atoms with Crippen LogP contribution >= 0.6 is 0 Å². The van der Waals surface area contributed by atoms with Crippen LogP contribution in [0, 0.1) is 0 Å². The average Bonchev–Trinajstić information content (AvgIpc) is 3.29. The molecule has 1 N–H and O–H groups in total. The summed E-state index contributed by atoms with van der Waals surface area (Å²) in [6.45, 7) is 2.00. The number of methoxy groups -OCH3 is 1. The largest absolute Gasteiger partial charge is 0.385 e. The molecule has 2 aliphatic rings. The van der Waals surface area contributed by atoms with Gasteiger partial charge in [0, 0.05) is 55.4 Å². The fourth-order valence-corrected chi connectivity index (χ4v) is 4.33. The molecule has 1 saturated carbocycles. The highest BCUT2D eigenvalue weighted by Crippen LogP contribution is 2.42. The number of nitrogens with zero attached hydrogens (tertiary/aromatic N) is 3. The summed E-state index contributed by atoms with van der Waals surface area (Å²) in [5.74, 6) is 2.08. The standard InChI is InChI=1S/C22H26N4O3/c1-28-13-9-22(21-24-19(29-25-21)16-3-4-16)7-11-26(12-8-22)20(27)17-5-2-15-6-10-23-18(15)14-17/h2,5-6,10,14,16,23H,3-4,7-9,11-13H2,1H3. The van der Waals surface area contributed by atoms with E-state index in [4.69, 9.17) is 14.2 Å². The van der Waals surface area contributed by atoms with Crippen molar-refractivity contribution < 1.29 is 14.1 Å². The van der Waals surface area contributed by atoms with Crippen LogP contribution in [0.2, 0.25) is 0 Å². The molecule has 5 rings (SSSR count). The molecular weight excluding hydrogens is 368 g/mol. The maximum atomic E-state index is 13.1. The molecule has 1 saturated heterocycles. The van der Waals surface area contributed by atoms with Gasteiger partial charge in [-0.1, -0.05) is 11.2 Å². The molecule has 1 aliphatic carbocycles. The van der Waals surface area contributed by atoms with Gasteiger partial charge in [0.1, 0.15) is 0 Å². The number of carbonyl (C=O) groups is 1. The smallest absolute Gasteiger partial charge is 0.253 e. The van der Waals surface area contributed by atoms with Crippen LogP contribution in [0.25, 0.3) is 10.9 Å². The monoisotopic (exact) mass is 394 g/mol. The lowest BCUT2D eigenvalue weighted by Gasteiger charge is -2.39. The average molecular weight is 394 g/mol. The molecule has 7 heteroatoms. The number of aromatic amines is 1. The van der Waals surface area contributed by atoms with Gasteiger partial charge in [0.25, 0.3) is 5.91 Å². The van der Waals surface area contributed by atoms with E-state index in [2.05, 4.69) is 10.1 Å². The van der Waals surface area contributed by atoms with Gasteiger partial charge in [0.05, 0.1) is 0 Å². The van der Waals surface area contributed by atoms with Crippen molar-refractivity contribution in [1.82, 2.24) is 20.0 Å². The first kappa shape index (κ1) is 18.4. The second-order valence-electron chi connectivity index (χ2n) is 8.33. The fourth-order valence-electron chi connectivity index (χ4n) is 4.33. The molecule has 0 unspecified atom stereocenters. The van der Waals surface area contributed by atoms with Gasteiger partial charge in [-0.15, -0.1) is 0 Å². The van der Waals surface area contributed by atoms with Crippen LogP contribution in [-0.2, 0) is 10.2 Å². The van der Waals surface area contributed by atoms with Crippen molar-refractivity contribution in [3.63, 3.8) is 0 Å². The number of piperidine rings is 1. The zero-order chi connectivity index (χ0) is 19.8. The molecular formula is C22H26N4O3. The van der Waals surface area contributed by atoms with Gasteiger partial charge in [0.15, 0.2) is 5.82 Å². The number of H-pyrrole nitrogens is 1. The second-order valence-corrected chi connectivity index (χ2v) is 8.33. The maximum Gasteiger partial charge on any atom is 0.253 e. The molecule has 0 bridgehead atoms. The molecule has 3 aromatic rings. The van der Waals surface area contributed by atoms with Gasteiger partial charge in [-0.25, -0.2) is 0 Å². The summed E-state index contributed by atoms with van der Waals surface area (Å²) in [5, 5.41) is 5.45. The van der Waals surface area contributed by atoms with Gasteiger partial charge >= 0.3 is 0 Å². The number of rotatable bonds is 6. The van der Waals surface area contributed by atoms with E-state index in [1.54, 1.807) is 7.11 Å². The van der Waals surface area contributed by atoms with E-state index >= 15 is 0 Å². The minimum atomic E-state index is -0.188. The van der Waals surface area contributed by atoms with Gasteiger partial charge < -0.3 is 19.1 Å². The van der Waals surface area contributed by atoms with E-state index in [1.807, 2.05) is 35.4 Å². The summed E-state index contributed by atoms with van der Waals surface area (Å²) in [6.07, 6.45) is 6.64. The van der Waals surface area contributed by atoms with Crippen molar-refractivity contribution in [2.45, 2.75) is 43.4 Å². The van der Waals surface area contributed by atoms with E-state index in [-0.39, 0.29) is 11.3 Å². The Labute approximate surface area is 169 Å². The van der Waals surface area contributed by atoms with Crippen LogP contribution in [-0.4, -0.2) is 52.7 Å². The second kappa shape index (κ2) is 7.30. The normalized spacial score (nSPS) is 19.0. The number of carbonyl (C=O) groups excluding carboxylic acids is 1. The first-order valence-corrected chi connectivity index (χ1v) is 10.4. The highest BCUT2D eigenvalue weighted by atomic mass is 16.5. The number of likely N-dealkylation sites (tertiary alicyclic amines) is 1. The molecule has 0 spiro atoms. The van der Waals surface area contributed by atoms with Crippen LogP contribution in [0.15, 0.2) is 35.0 Å². The SMILES string of the molecule is COCCC1(c2noc(C3CC3)n2)CCN(C(=O)c2ccc3cc[nH]c3c2)CC1. The Morgan fingerprint density at radius 2 is 2.14 bits per heavy atom. The molecule has 152 valence electrons.